The zero-order valence-corrected chi connectivity index (χ0v) is 14.0. The van der Waals surface area contributed by atoms with E-state index in [2.05, 4.69) is 29.3 Å². The van der Waals surface area contributed by atoms with Crippen LogP contribution in [0.2, 0.25) is 0 Å². The third kappa shape index (κ3) is 5.64. The molecule has 1 atom stereocenters. The van der Waals surface area contributed by atoms with Crippen LogP contribution < -0.4 is 15.4 Å². The predicted molar refractivity (Wildman–Crippen MR) is 86.9 cm³/mol. The highest BCUT2D eigenvalue weighted by Crippen LogP contribution is 2.16. The number of rotatable bonds is 8. The molecule has 2 rings (SSSR count). The van der Waals surface area contributed by atoms with Gasteiger partial charge in [0.05, 0.1) is 6.04 Å². The van der Waals surface area contributed by atoms with E-state index in [4.69, 9.17) is 9.26 Å². The Morgan fingerprint density at radius 3 is 2.67 bits per heavy atom. The van der Waals surface area contributed by atoms with Crippen LogP contribution in [-0.4, -0.2) is 46.5 Å². The molecule has 0 saturated heterocycles. The highest BCUT2D eigenvalue weighted by atomic mass is 16.5. The fourth-order valence-electron chi connectivity index (χ4n) is 1.90. The summed E-state index contributed by atoms with van der Waals surface area (Å²) in [5.41, 5.74) is 0.580. The predicted octanol–water partition coefficient (Wildman–Crippen LogP) is 0.342. The van der Waals surface area contributed by atoms with Crippen molar-refractivity contribution in [2.24, 2.45) is 0 Å². The third-order valence-corrected chi connectivity index (χ3v) is 3.16. The lowest BCUT2D eigenvalue weighted by Crippen LogP contribution is -2.90. The monoisotopic (exact) mass is 335 g/mol. The number of carbonyl (C=O) groups excluding carboxylic acids is 1. The van der Waals surface area contributed by atoms with Gasteiger partial charge in [0, 0.05) is 5.69 Å². The quantitative estimate of drug-likeness (QED) is 0.641. The van der Waals surface area contributed by atoms with E-state index in [0.29, 0.717) is 29.8 Å². The van der Waals surface area contributed by atoms with Crippen LogP contribution in [-0.2, 0) is 0 Å². The van der Waals surface area contributed by atoms with Gasteiger partial charge in [-0.2, -0.15) is 4.98 Å². The number of nitrogens with two attached hydrogens (primary N) is 1. The van der Waals surface area contributed by atoms with E-state index < -0.39 is 12.0 Å². The third-order valence-electron chi connectivity index (χ3n) is 3.16. The lowest BCUT2D eigenvalue weighted by Gasteiger charge is -2.13. The Labute approximate surface area is 140 Å². The molecule has 0 bridgehead atoms. The summed E-state index contributed by atoms with van der Waals surface area (Å²) in [6.45, 7) is 6.58. The standard InChI is InChI=1S/C16H22N4O4/c1-10(2)17-8-13(21)9-23-14-6-4-12(5-7-14)19-15(22)16-18-11(3)20-24-16/h4-7,10,13,17,21H,8-9H2,1-3H3,(H,19,22)/p+1/t13-/m0/s1. The first-order chi connectivity index (χ1) is 11.4. The van der Waals surface area contributed by atoms with Gasteiger partial charge >= 0.3 is 11.8 Å². The van der Waals surface area contributed by atoms with Gasteiger partial charge in [0.2, 0.25) is 0 Å². The molecule has 8 nitrogen and oxygen atoms in total. The number of hydrogen-bond acceptors (Lipinski definition) is 6. The maximum Gasteiger partial charge on any atom is 0.316 e. The summed E-state index contributed by atoms with van der Waals surface area (Å²) >= 11 is 0. The van der Waals surface area contributed by atoms with Crippen LogP contribution in [0.25, 0.3) is 0 Å². The number of aliphatic hydroxyl groups excluding tert-OH is 1. The molecule has 0 radical (unpaired) electrons. The number of anilines is 1. The number of nitrogens with zero attached hydrogens (tertiary/aromatic N) is 2. The first-order valence-electron chi connectivity index (χ1n) is 7.80. The molecule has 1 heterocycles. The van der Waals surface area contributed by atoms with Crippen molar-refractivity contribution in [2.75, 3.05) is 18.5 Å². The number of carbonyl (C=O) groups is 1. The second-order valence-electron chi connectivity index (χ2n) is 5.81. The fourth-order valence-corrected chi connectivity index (χ4v) is 1.90. The molecule has 130 valence electrons. The van der Waals surface area contributed by atoms with Crippen LogP contribution in [0.3, 0.4) is 0 Å². The molecular weight excluding hydrogens is 312 g/mol. The lowest BCUT2D eigenvalue weighted by molar-refractivity contribution is -0.688. The molecule has 24 heavy (non-hydrogen) atoms. The Kier molecular flexibility index (Phi) is 6.28. The molecule has 0 unspecified atom stereocenters. The van der Waals surface area contributed by atoms with Gasteiger partial charge in [-0.1, -0.05) is 5.16 Å². The molecule has 0 aliphatic heterocycles. The number of aryl methyl sites for hydroxylation is 1. The van der Waals surface area contributed by atoms with Crippen molar-refractivity contribution in [1.29, 1.82) is 0 Å². The molecule has 8 heteroatoms. The number of ether oxygens (including phenoxy) is 1. The SMILES string of the molecule is Cc1noc(C(=O)Nc2ccc(OC[C@@H](O)C[NH2+]C(C)C)cc2)n1. The second-order valence-corrected chi connectivity index (χ2v) is 5.81. The van der Waals surface area contributed by atoms with Crippen LogP contribution in [0, 0.1) is 6.92 Å². The number of nitrogens with one attached hydrogen (secondary N) is 1. The molecule has 1 aromatic heterocycles. The van der Waals surface area contributed by atoms with Crippen molar-refractivity contribution in [3.05, 3.63) is 36.0 Å². The number of hydrogen-bond donors (Lipinski definition) is 3. The highest BCUT2D eigenvalue weighted by Gasteiger charge is 2.14. The molecule has 0 spiro atoms. The Hall–Kier alpha value is -2.45. The van der Waals surface area contributed by atoms with Gasteiger partial charge in [0.25, 0.3) is 0 Å². The van der Waals surface area contributed by atoms with Gasteiger partial charge in [-0.25, -0.2) is 0 Å². The average Bonchev–Trinajstić information content (AvgIpc) is 2.99. The number of quaternary nitrogens is 1. The van der Waals surface area contributed by atoms with E-state index >= 15 is 0 Å². The molecular formula is C16H23N4O4+. The van der Waals surface area contributed by atoms with E-state index in [9.17, 15) is 9.90 Å². The molecule has 0 aliphatic carbocycles. The summed E-state index contributed by atoms with van der Waals surface area (Å²) < 4.78 is 10.3. The number of aromatic nitrogens is 2. The molecule has 1 amide bonds. The highest BCUT2D eigenvalue weighted by molar-refractivity contribution is 6.00. The summed E-state index contributed by atoms with van der Waals surface area (Å²) in [7, 11) is 0. The smallest absolute Gasteiger partial charge is 0.316 e. The summed E-state index contributed by atoms with van der Waals surface area (Å²) in [6.07, 6.45) is -0.535. The van der Waals surface area contributed by atoms with Crippen LogP contribution in [0.15, 0.2) is 28.8 Å². The molecule has 0 aliphatic rings. The van der Waals surface area contributed by atoms with Crippen LogP contribution in [0.1, 0.15) is 30.4 Å². The molecule has 1 aromatic carbocycles. The summed E-state index contributed by atoms with van der Waals surface area (Å²) in [6, 6.07) is 7.26. The molecule has 4 N–H and O–H groups in total. The van der Waals surface area contributed by atoms with E-state index in [0.717, 1.165) is 0 Å². The van der Waals surface area contributed by atoms with Gasteiger partial charge in [-0.3, -0.25) is 4.79 Å². The van der Waals surface area contributed by atoms with Crippen molar-refractivity contribution in [3.63, 3.8) is 0 Å². The second kappa shape index (κ2) is 8.42. The van der Waals surface area contributed by atoms with E-state index in [1.165, 1.54) is 0 Å². The first-order valence-corrected chi connectivity index (χ1v) is 7.80. The Balaban J connectivity index is 1.81. The topological polar surface area (TPSA) is 114 Å². The van der Waals surface area contributed by atoms with E-state index in [-0.39, 0.29) is 12.5 Å². The summed E-state index contributed by atoms with van der Waals surface area (Å²) in [5.74, 6) is 0.462. The van der Waals surface area contributed by atoms with Crippen LogP contribution in [0.4, 0.5) is 5.69 Å². The number of amides is 1. The molecule has 0 fully saturated rings. The minimum atomic E-state index is -0.535. The normalized spacial score (nSPS) is 12.2. The van der Waals surface area contributed by atoms with Crippen LogP contribution in [0.5, 0.6) is 5.75 Å². The number of benzene rings is 1. The van der Waals surface area contributed by atoms with Gasteiger partial charge < -0.3 is 25.0 Å². The average molecular weight is 335 g/mol. The lowest BCUT2D eigenvalue weighted by atomic mass is 10.3. The van der Waals surface area contributed by atoms with Crippen molar-refractivity contribution < 1.29 is 24.5 Å². The molecule has 2 aromatic rings. The largest absolute Gasteiger partial charge is 0.491 e. The Morgan fingerprint density at radius 2 is 2.08 bits per heavy atom. The maximum absolute atomic E-state index is 11.9. The number of aliphatic hydroxyl groups is 1. The Bertz CT molecular complexity index is 654. The minimum Gasteiger partial charge on any atom is -0.491 e. The minimum absolute atomic E-state index is 0.0858. The van der Waals surface area contributed by atoms with Crippen molar-refractivity contribution in [2.45, 2.75) is 32.9 Å². The zero-order valence-electron chi connectivity index (χ0n) is 14.0. The Morgan fingerprint density at radius 1 is 1.38 bits per heavy atom. The van der Waals surface area contributed by atoms with Crippen molar-refractivity contribution in [1.82, 2.24) is 10.1 Å². The zero-order chi connectivity index (χ0) is 17.5. The van der Waals surface area contributed by atoms with Gasteiger partial charge in [-0.15, -0.1) is 0 Å². The first kappa shape index (κ1) is 17.9. The van der Waals surface area contributed by atoms with Crippen molar-refractivity contribution in [3.8, 4) is 5.75 Å². The van der Waals surface area contributed by atoms with E-state index in [1.807, 2.05) is 5.32 Å². The van der Waals surface area contributed by atoms with Gasteiger partial charge in [-0.05, 0) is 45.0 Å². The molecule has 0 saturated carbocycles. The van der Waals surface area contributed by atoms with Crippen molar-refractivity contribution >= 4 is 11.6 Å². The summed E-state index contributed by atoms with van der Waals surface area (Å²) in [4.78, 5) is 15.7. The van der Waals surface area contributed by atoms with Gasteiger partial charge in [0.1, 0.15) is 25.0 Å². The summed E-state index contributed by atoms with van der Waals surface area (Å²) in [5, 5.41) is 18.1. The van der Waals surface area contributed by atoms with Gasteiger partial charge in [0.15, 0.2) is 5.82 Å². The fraction of sp³-hybridized carbons (Fsp3) is 0.438. The maximum atomic E-state index is 11.9. The van der Waals surface area contributed by atoms with Crippen LogP contribution >= 0.6 is 0 Å². The van der Waals surface area contributed by atoms with E-state index in [1.54, 1.807) is 31.2 Å².